The highest BCUT2D eigenvalue weighted by Gasteiger charge is 2.16. The summed E-state index contributed by atoms with van der Waals surface area (Å²) in [4.78, 5) is 3.98. The fourth-order valence-electron chi connectivity index (χ4n) is 1.82. The molecule has 0 fully saturated rings. The molecule has 0 saturated carbocycles. The van der Waals surface area contributed by atoms with Crippen molar-refractivity contribution in [1.29, 1.82) is 0 Å². The van der Waals surface area contributed by atoms with Gasteiger partial charge in [0.25, 0.3) is 0 Å². The molecule has 2 aromatic rings. The van der Waals surface area contributed by atoms with Crippen LogP contribution in [0.4, 0.5) is 0 Å². The van der Waals surface area contributed by atoms with Gasteiger partial charge in [0, 0.05) is 18.0 Å². The Kier molecular flexibility index (Phi) is 2.97. The third-order valence-electron chi connectivity index (χ3n) is 2.53. The van der Waals surface area contributed by atoms with Crippen molar-refractivity contribution in [1.82, 2.24) is 14.8 Å². The van der Waals surface area contributed by atoms with Gasteiger partial charge in [-0.25, -0.2) is 4.68 Å². The van der Waals surface area contributed by atoms with Crippen molar-refractivity contribution in [2.75, 3.05) is 0 Å². The van der Waals surface area contributed by atoms with E-state index in [4.69, 9.17) is 11.6 Å². The number of hydrogen-bond donors (Lipinski definition) is 0. The van der Waals surface area contributed by atoms with Crippen molar-refractivity contribution in [3.63, 3.8) is 0 Å². The maximum Gasteiger partial charge on any atom is 0.136 e. The van der Waals surface area contributed by atoms with Crippen LogP contribution in [0.1, 0.15) is 31.0 Å². The summed E-state index contributed by atoms with van der Waals surface area (Å²) in [6.07, 6.45) is 3.47. The van der Waals surface area contributed by atoms with E-state index in [2.05, 4.69) is 23.9 Å². The molecule has 0 unspecified atom stereocenters. The van der Waals surface area contributed by atoms with Gasteiger partial charge in [-0.05, 0) is 25.0 Å². The summed E-state index contributed by atoms with van der Waals surface area (Å²) in [6, 6.07) is 3.78. The molecule has 0 radical (unpaired) electrons. The average molecular weight is 236 g/mol. The SMILES string of the molecule is Cc1nn(-c2ccncc2)c(Cl)c1C(C)C. The lowest BCUT2D eigenvalue weighted by Crippen LogP contribution is -1.96. The highest BCUT2D eigenvalue weighted by atomic mass is 35.5. The third kappa shape index (κ3) is 1.83. The van der Waals surface area contributed by atoms with Gasteiger partial charge in [-0.2, -0.15) is 5.10 Å². The van der Waals surface area contributed by atoms with Crippen molar-refractivity contribution in [2.45, 2.75) is 26.7 Å². The lowest BCUT2D eigenvalue weighted by Gasteiger charge is -2.05. The second kappa shape index (κ2) is 4.26. The summed E-state index contributed by atoms with van der Waals surface area (Å²) < 4.78 is 1.76. The number of aromatic nitrogens is 3. The van der Waals surface area contributed by atoms with Crippen molar-refractivity contribution in [3.05, 3.63) is 40.9 Å². The molecule has 0 bridgehead atoms. The first-order chi connectivity index (χ1) is 7.61. The highest BCUT2D eigenvalue weighted by molar-refractivity contribution is 6.30. The first-order valence-electron chi connectivity index (χ1n) is 5.26. The number of aryl methyl sites for hydroxylation is 1. The zero-order chi connectivity index (χ0) is 11.7. The second-order valence-corrected chi connectivity index (χ2v) is 4.42. The average Bonchev–Trinajstić information content (AvgIpc) is 2.55. The van der Waals surface area contributed by atoms with Crippen LogP contribution in [-0.2, 0) is 0 Å². The monoisotopic (exact) mass is 235 g/mol. The summed E-state index contributed by atoms with van der Waals surface area (Å²) in [5.74, 6) is 0.378. The van der Waals surface area contributed by atoms with E-state index in [1.807, 2.05) is 19.1 Å². The topological polar surface area (TPSA) is 30.7 Å². The standard InChI is InChI=1S/C12H14ClN3/c1-8(2)11-9(3)15-16(12(11)13)10-4-6-14-7-5-10/h4-8H,1-3H3. The molecule has 16 heavy (non-hydrogen) atoms. The number of halogens is 1. The molecule has 2 heterocycles. The summed E-state index contributed by atoms with van der Waals surface area (Å²) in [6.45, 7) is 6.22. The van der Waals surface area contributed by atoms with E-state index in [0.717, 1.165) is 16.9 Å². The Bertz CT molecular complexity index is 488. The molecule has 0 aromatic carbocycles. The Labute approximate surface area is 100 Å². The van der Waals surface area contributed by atoms with E-state index in [-0.39, 0.29) is 0 Å². The van der Waals surface area contributed by atoms with E-state index >= 15 is 0 Å². The van der Waals surface area contributed by atoms with Crippen molar-refractivity contribution in [3.8, 4) is 5.69 Å². The Morgan fingerprint density at radius 3 is 2.38 bits per heavy atom. The third-order valence-corrected chi connectivity index (χ3v) is 2.90. The van der Waals surface area contributed by atoms with E-state index in [9.17, 15) is 0 Å². The van der Waals surface area contributed by atoms with Crippen molar-refractivity contribution < 1.29 is 0 Å². The van der Waals surface area contributed by atoms with Crippen LogP contribution in [0.3, 0.4) is 0 Å². The van der Waals surface area contributed by atoms with Crippen LogP contribution in [0.5, 0.6) is 0 Å². The summed E-state index contributed by atoms with van der Waals surface area (Å²) in [5.41, 5.74) is 3.03. The van der Waals surface area contributed by atoms with Gasteiger partial charge in [0.2, 0.25) is 0 Å². The summed E-state index contributed by atoms with van der Waals surface area (Å²) in [5, 5.41) is 5.15. The van der Waals surface area contributed by atoms with Crippen LogP contribution >= 0.6 is 11.6 Å². The second-order valence-electron chi connectivity index (χ2n) is 4.06. The molecule has 4 heteroatoms. The fourth-order valence-corrected chi connectivity index (χ4v) is 2.31. The van der Waals surface area contributed by atoms with E-state index in [1.54, 1.807) is 17.1 Å². The molecule has 3 nitrogen and oxygen atoms in total. The van der Waals surface area contributed by atoms with Gasteiger partial charge in [0.05, 0.1) is 11.4 Å². The molecule has 0 aliphatic heterocycles. The minimum absolute atomic E-state index is 0.378. The maximum absolute atomic E-state index is 6.34. The van der Waals surface area contributed by atoms with Gasteiger partial charge >= 0.3 is 0 Å². The van der Waals surface area contributed by atoms with Crippen molar-refractivity contribution >= 4 is 11.6 Å². The van der Waals surface area contributed by atoms with Gasteiger partial charge in [0.1, 0.15) is 5.15 Å². The molecule has 0 amide bonds. The first kappa shape index (κ1) is 11.1. The molecule has 0 spiro atoms. The minimum Gasteiger partial charge on any atom is -0.265 e. The van der Waals surface area contributed by atoms with E-state index in [0.29, 0.717) is 11.1 Å². The fraction of sp³-hybridized carbons (Fsp3) is 0.333. The molecule has 0 saturated heterocycles. The van der Waals surface area contributed by atoms with Gasteiger partial charge < -0.3 is 0 Å². The van der Waals surface area contributed by atoms with Gasteiger partial charge in [-0.3, -0.25) is 4.98 Å². The number of rotatable bonds is 2. The smallest absolute Gasteiger partial charge is 0.136 e. The molecule has 0 aliphatic rings. The number of nitrogens with zero attached hydrogens (tertiary/aromatic N) is 3. The van der Waals surface area contributed by atoms with Crippen molar-refractivity contribution in [2.24, 2.45) is 0 Å². The zero-order valence-electron chi connectivity index (χ0n) is 9.61. The molecule has 84 valence electrons. The molecule has 0 atom stereocenters. The highest BCUT2D eigenvalue weighted by Crippen LogP contribution is 2.29. The number of pyridine rings is 1. The lowest BCUT2D eigenvalue weighted by atomic mass is 10.1. The van der Waals surface area contributed by atoms with Gasteiger partial charge in [-0.15, -0.1) is 0 Å². The Morgan fingerprint density at radius 1 is 1.25 bits per heavy atom. The first-order valence-corrected chi connectivity index (χ1v) is 5.64. The molecule has 0 aliphatic carbocycles. The molecular formula is C12H14ClN3. The van der Waals surface area contributed by atoms with Gasteiger partial charge in [-0.1, -0.05) is 25.4 Å². The van der Waals surface area contributed by atoms with Crippen LogP contribution in [-0.4, -0.2) is 14.8 Å². The Hall–Kier alpha value is -1.35. The predicted molar refractivity (Wildman–Crippen MR) is 65.2 cm³/mol. The molecule has 2 aromatic heterocycles. The minimum atomic E-state index is 0.378. The number of hydrogen-bond acceptors (Lipinski definition) is 2. The van der Waals surface area contributed by atoms with Crippen LogP contribution in [0, 0.1) is 6.92 Å². The van der Waals surface area contributed by atoms with Crippen LogP contribution < -0.4 is 0 Å². The summed E-state index contributed by atoms with van der Waals surface area (Å²) >= 11 is 6.34. The predicted octanol–water partition coefficient (Wildman–Crippen LogP) is 3.35. The largest absolute Gasteiger partial charge is 0.265 e. The summed E-state index contributed by atoms with van der Waals surface area (Å²) in [7, 11) is 0. The zero-order valence-corrected chi connectivity index (χ0v) is 10.4. The van der Waals surface area contributed by atoms with Gasteiger partial charge in [0.15, 0.2) is 0 Å². The molecule has 0 N–H and O–H groups in total. The van der Waals surface area contributed by atoms with E-state index < -0.39 is 0 Å². The quantitative estimate of drug-likeness (QED) is 0.799. The van der Waals surface area contributed by atoms with E-state index in [1.165, 1.54) is 0 Å². The molecule has 2 rings (SSSR count). The normalized spacial score (nSPS) is 11.1. The van der Waals surface area contributed by atoms with Crippen LogP contribution in [0.25, 0.3) is 5.69 Å². The van der Waals surface area contributed by atoms with Crippen LogP contribution in [0.2, 0.25) is 5.15 Å². The molecular weight excluding hydrogens is 222 g/mol. The lowest BCUT2D eigenvalue weighted by molar-refractivity contribution is 0.857. The maximum atomic E-state index is 6.34. The van der Waals surface area contributed by atoms with Crippen LogP contribution in [0.15, 0.2) is 24.5 Å². The Balaban J connectivity index is 2.56. The Morgan fingerprint density at radius 2 is 1.88 bits per heavy atom.